The number of Topliss-reactive ketones (excluding diaryl/α,β-unsaturated/α-hetero) is 1. The Labute approximate surface area is 118 Å². The molecule has 1 aliphatic heterocycles. The van der Waals surface area contributed by atoms with Crippen molar-refractivity contribution in [3.63, 3.8) is 0 Å². The fourth-order valence-electron chi connectivity index (χ4n) is 2.34. The number of hydrogen-bond acceptors (Lipinski definition) is 3. The molecule has 0 aliphatic carbocycles. The van der Waals surface area contributed by atoms with Crippen molar-refractivity contribution in [2.24, 2.45) is 0 Å². The number of carbonyl (C=O) groups excluding carboxylic acids is 1. The number of thioether (sulfide) groups is 1. The number of halogens is 1. The third kappa shape index (κ3) is 4.62. The van der Waals surface area contributed by atoms with Crippen LogP contribution in [0.2, 0.25) is 0 Å². The normalized spacial score (nSPS) is 20.4. The zero-order chi connectivity index (χ0) is 13.7. The number of ketones is 1. The first-order chi connectivity index (χ1) is 9.15. The van der Waals surface area contributed by atoms with Crippen LogP contribution in [0, 0.1) is 5.82 Å². The molecule has 1 atom stereocenters. The second-order valence-electron chi connectivity index (χ2n) is 5.02. The van der Waals surface area contributed by atoms with Gasteiger partial charge in [0.25, 0.3) is 0 Å². The lowest BCUT2D eigenvalue weighted by atomic mass is 10.1. The van der Waals surface area contributed by atoms with Crippen molar-refractivity contribution < 1.29 is 9.18 Å². The average Bonchev–Trinajstić information content (AvgIpc) is 2.39. The van der Waals surface area contributed by atoms with E-state index in [4.69, 9.17) is 0 Å². The summed E-state index contributed by atoms with van der Waals surface area (Å²) in [5.74, 6) is 1.00. The van der Waals surface area contributed by atoms with Gasteiger partial charge in [0, 0.05) is 36.1 Å². The Bertz CT molecular complexity index is 421. The van der Waals surface area contributed by atoms with E-state index >= 15 is 0 Å². The van der Waals surface area contributed by atoms with E-state index in [0.29, 0.717) is 17.2 Å². The van der Waals surface area contributed by atoms with Crippen LogP contribution in [-0.2, 0) is 0 Å². The number of carbonyl (C=O) groups is 1. The zero-order valence-corrected chi connectivity index (χ0v) is 12.1. The first-order valence-electron chi connectivity index (χ1n) is 6.78. The maximum Gasteiger partial charge on any atom is 0.162 e. The van der Waals surface area contributed by atoms with Crippen LogP contribution >= 0.6 is 11.8 Å². The summed E-state index contributed by atoms with van der Waals surface area (Å²) < 4.78 is 12.8. The Kier molecular flexibility index (Phi) is 5.40. The number of benzene rings is 1. The molecule has 1 unspecified atom stereocenters. The van der Waals surface area contributed by atoms with E-state index in [2.05, 4.69) is 11.8 Å². The summed E-state index contributed by atoms with van der Waals surface area (Å²) in [7, 11) is 0. The number of nitrogens with zero attached hydrogens (tertiary/aromatic N) is 1. The van der Waals surface area contributed by atoms with Gasteiger partial charge in [0.15, 0.2) is 5.78 Å². The molecule has 2 nitrogen and oxygen atoms in total. The van der Waals surface area contributed by atoms with Crippen LogP contribution < -0.4 is 0 Å². The third-order valence-corrected chi connectivity index (χ3v) is 4.51. The van der Waals surface area contributed by atoms with E-state index in [1.165, 1.54) is 17.9 Å². The van der Waals surface area contributed by atoms with Crippen molar-refractivity contribution >= 4 is 17.5 Å². The number of hydrogen-bond donors (Lipinski definition) is 0. The van der Waals surface area contributed by atoms with Gasteiger partial charge < -0.3 is 4.90 Å². The Morgan fingerprint density at radius 2 is 2.16 bits per heavy atom. The second-order valence-corrected chi connectivity index (χ2v) is 6.56. The van der Waals surface area contributed by atoms with Crippen molar-refractivity contribution in [2.45, 2.75) is 25.0 Å². The molecule has 0 N–H and O–H groups in total. The number of rotatable bonds is 5. The molecule has 0 radical (unpaired) electrons. The molecule has 1 saturated heterocycles. The minimum atomic E-state index is -0.295. The Morgan fingerprint density at radius 3 is 2.84 bits per heavy atom. The van der Waals surface area contributed by atoms with E-state index < -0.39 is 0 Å². The highest BCUT2D eigenvalue weighted by molar-refractivity contribution is 7.99. The van der Waals surface area contributed by atoms with E-state index in [1.54, 1.807) is 12.1 Å². The van der Waals surface area contributed by atoms with Crippen LogP contribution in [0.1, 0.15) is 30.1 Å². The molecule has 1 aromatic carbocycles. The third-order valence-electron chi connectivity index (χ3n) is 3.37. The molecule has 1 aliphatic rings. The van der Waals surface area contributed by atoms with Gasteiger partial charge in [-0.25, -0.2) is 4.39 Å². The summed E-state index contributed by atoms with van der Waals surface area (Å²) in [6, 6.07) is 5.82. The first kappa shape index (κ1) is 14.5. The summed E-state index contributed by atoms with van der Waals surface area (Å²) in [4.78, 5) is 14.3. The fraction of sp³-hybridized carbons (Fsp3) is 0.533. The van der Waals surface area contributed by atoms with Gasteiger partial charge in [0.1, 0.15) is 5.82 Å². The SMILES string of the molecule is CC1CN(CCCC(=O)c2ccc(F)cc2)CCS1. The molecule has 2 rings (SSSR count). The minimum Gasteiger partial charge on any atom is -0.301 e. The standard InChI is InChI=1S/C15H20FNOS/c1-12-11-17(9-10-19-12)8-2-3-15(18)13-4-6-14(16)7-5-13/h4-7,12H,2-3,8-11H2,1H3. The maximum absolute atomic E-state index is 12.8. The fourth-order valence-corrected chi connectivity index (χ4v) is 3.42. The summed E-state index contributed by atoms with van der Waals surface area (Å²) in [5.41, 5.74) is 0.615. The van der Waals surface area contributed by atoms with Gasteiger partial charge >= 0.3 is 0 Å². The van der Waals surface area contributed by atoms with E-state index in [9.17, 15) is 9.18 Å². The van der Waals surface area contributed by atoms with Crippen molar-refractivity contribution in [1.29, 1.82) is 0 Å². The monoisotopic (exact) mass is 281 g/mol. The Balaban J connectivity index is 1.73. The van der Waals surface area contributed by atoms with Gasteiger partial charge in [-0.15, -0.1) is 0 Å². The highest BCUT2D eigenvalue weighted by atomic mass is 32.2. The molecular formula is C15H20FNOS. The lowest BCUT2D eigenvalue weighted by molar-refractivity contribution is 0.0975. The van der Waals surface area contributed by atoms with Gasteiger partial charge in [-0.05, 0) is 37.2 Å². The van der Waals surface area contributed by atoms with Crippen LogP contribution in [0.3, 0.4) is 0 Å². The molecule has 1 aromatic rings. The zero-order valence-electron chi connectivity index (χ0n) is 11.3. The van der Waals surface area contributed by atoms with Gasteiger partial charge in [-0.2, -0.15) is 11.8 Å². The van der Waals surface area contributed by atoms with E-state index in [1.807, 2.05) is 11.8 Å². The van der Waals surface area contributed by atoms with Crippen molar-refractivity contribution in [2.75, 3.05) is 25.4 Å². The quantitative estimate of drug-likeness (QED) is 0.773. The van der Waals surface area contributed by atoms with Crippen molar-refractivity contribution in [1.82, 2.24) is 4.90 Å². The molecule has 0 spiro atoms. The van der Waals surface area contributed by atoms with Gasteiger partial charge in [0.2, 0.25) is 0 Å². The summed E-state index contributed by atoms with van der Waals surface area (Å²) in [6.07, 6.45) is 1.43. The second kappa shape index (κ2) is 7.06. The van der Waals surface area contributed by atoms with Crippen LogP contribution in [0.5, 0.6) is 0 Å². The predicted octanol–water partition coefficient (Wildman–Crippen LogP) is 3.23. The average molecular weight is 281 g/mol. The highest BCUT2D eigenvalue weighted by Crippen LogP contribution is 2.18. The lowest BCUT2D eigenvalue weighted by Crippen LogP contribution is -2.37. The van der Waals surface area contributed by atoms with Crippen LogP contribution in [0.25, 0.3) is 0 Å². The summed E-state index contributed by atoms with van der Waals surface area (Å²) in [6.45, 7) is 5.48. The molecule has 104 valence electrons. The van der Waals surface area contributed by atoms with Gasteiger partial charge in [0.05, 0.1) is 0 Å². The maximum atomic E-state index is 12.8. The van der Waals surface area contributed by atoms with Crippen LogP contribution in [0.15, 0.2) is 24.3 Å². The molecule has 0 amide bonds. The Morgan fingerprint density at radius 1 is 1.42 bits per heavy atom. The van der Waals surface area contributed by atoms with Crippen molar-refractivity contribution in [3.8, 4) is 0 Å². The van der Waals surface area contributed by atoms with Gasteiger partial charge in [-0.1, -0.05) is 6.92 Å². The van der Waals surface area contributed by atoms with Crippen LogP contribution in [0.4, 0.5) is 4.39 Å². The van der Waals surface area contributed by atoms with Crippen molar-refractivity contribution in [3.05, 3.63) is 35.6 Å². The van der Waals surface area contributed by atoms with E-state index in [-0.39, 0.29) is 11.6 Å². The lowest BCUT2D eigenvalue weighted by Gasteiger charge is -2.30. The minimum absolute atomic E-state index is 0.111. The topological polar surface area (TPSA) is 20.3 Å². The predicted molar refractivity (Wildman–Crippen MR) is 78.3 cm³/mol. The summed E-state index contributed by atoms with van der Waals surface area (Å²) >= 11 is 2.02. The van der Waals surface area contributed by atoms with E-state index in [0.717, 1.165) is 26.1 Å². The summed E-state index contributed by atoms with van der Waals surface area (Å²) in [5, 5.41) is 0.696. The molecule has 0 bridgehead atoms. The smallest absolute Gasteiger partial charge is 0.162 e. The molecule has 0 saturated carbocycles. The largest absolute Gasteiger partial charge is 0.301 e. The molecular weight excluding hydrogens is 261 g/mol. The molecule has 19 heavy (non-hydrogen) atoms. The van der Waals surface area contributed by atoms with Gasteiger partial charge in [-0.3, -0.25) is 4.79 Å². The first-order valence-corrected chi connectivity index (χ1v) is 7.83. The molecule has 1 fully saturated rings. The van der Waals surface area contributed by atoms with Crippen LogP contribution in [-0.4, -0.2) is 41.3 Å². The molecule has 1 heterocycles. The molecule has 4 heteroatoms. The highest BCUT2D eigenvalue weighted by Gasteiger charge is 2.16. The Hall–Kier alpha value is -0.870. The molecule has 0 aromatic heterocycles.